The number of nitrogens with zero attached hydrogens (tertiary/aromatic N) is 15. The number of anilines is 3. The molecule has 18 atom stereocenters. The van der Waals surface area contributed by atoms with Crippen LogP contribution in [-0.4, -0.2) is 250 Å². The minimum Gasteiger partial charge on any atom is -0.394 e. The van der Waals surface area contributed by atoms with E-state index in [0.717, 1.165) is 48.8 Å². The van der Waals surface area contributed by atoms with Gasteiger partial charge in [0.15, 0.2) is 66.4 Å². The highest BCUT2D eigenvalue weighted by atomic mass is 32.2. The molecular weight excluding hydrogens is 1460 g/mol. The predicted molar refractivity (Wildman–Crippen MR) is 398 cm³/mol. The van der Waals surface area contributed by atoms with E-state index in [2.05, 4.69) is 76.8 Å². The third-order valence-corrected chi connectivity index (χ3v) is 19.2. The third kappa shape index (κ3) is 17.5. The summed E-state index contributed by atoms with van der Waals surface area (Å²) in [6, 6.07) is -18.8. The Morgan fingerprint density at radius 1 is 0.546 bits per heavy atom. The van der Waals surface area contributed by atoms with Crippen LogP contribution in [0.25, 0.3) is 33.5 Å². The van der Waals surface area contributed by atoms with Gasteiger partial charge in [-0.15, -0.1) is 15.3 Å². The Bertz CT molecular complexity index is 6510. The van der Waals surface area contributed by atoms with Gasteiger partial charge in [-0.1, -0.05) is 108 Å². The molecule has 6 aromatic heterocycles. The van der Waals surface area contributed by atoms with Crippen LogP contribution in [0.5, 0.6) is 0 Å². The Kier molecular flexibility index (Phi) is 14.5. The van der Waals surface area contributed by atoms with Gasteiger partial charge in [-0.2, -0.15) is 0 Å². The van der Waals surface area contributed by atoms with Crippen molar-refractivity contribution in [3.63, 3.8) is 0 Å². The second kappa shape index (κ2) is 35.1. The first-order valence-corrected chi connectivity index (χ1v) is 35.3. The van der Waals surface area contributed by atoms with Crippen molar-refractivity contribution in [2.24, 2.45) is 0 Å². The van der Waals surface area contributed by atoms with Crippen LogP contribution in [0.15, 0.2) is 69.9 Å². The largest absolute Gasteiger partial charge is 0.394 e. The number of nitrogens with one attached hydrogen (secondary N) is 3. The predicted octanol–water partition coefficient (Wildman–Crippen LogP) is 6.55. The molecule has 36 heteroatoms. The van der Waals surface area contributed by atoms with Gasteiger partial charge >= 0.3 is 0 Å². The Morgan fingerprint density at radius 2 is 1.00 bits per heavy atom. The number of halogens is 3. The van der Waals surface area contributed by atoms with Crippen molar-refractivity contribution < 1.29 is 124 Å². The number of fused-ring (bicyclic) bond motifs is 3. The van der Waals surface area contributed by atoms with Crippen LogP contribution in [0.4, 0.5) is 30.6 Å². The summed E-state index contributed by atoms with van der Waals surface area (Å²) in [5.74, 6) is -10.5. The number of aromatic nitrogens is 15. The molecule has 6 saturated carbocycles. The number of hydrogen-bond acceptors (Lipinski definition) is 30. The number of rotatable bonds is 30. The van der Waals surface area contributed by atoms with E-state index in [4.69, 9.17) is 64.9 Å². The molecule has 9 aromatic rings. The Hall–Kier alpha value is -7.14. The van der Waals surface area contributed by atoms with Crippen molar-refractivity contribution in [1.29, 1.82) is 0 Å². The molecule has 0 amide bonds. The molecular formula is C72H93F3N18O12S3. The van der Waals surface area contributed by atoms with Crippen molar-refractivity contribution in [3.05, 3.63) is 105 Å². The zero-order valence-corrected chi connectivity index (χ0v) is 59.7. The molecule has 30 nitrogen and oxygen atoms in total. The van der Waals surface area contributed by atoms with Gasteiger partial charge in [0.25, 0.3) is 0 Å². The lowest BCUT2D eigenvalue weighted by molar-refractivity contribution is -0.0629. The smallest absolute Gasteiger partial charge is 0.191 e. The van der Waals surface area contributed by atoms with Crippen molar-refractivity contribution in [3.8, 4) is 0 Å². The lowest BCUT2D eigenvalue weighted by Crippen LogP contribution is -2.33. The summed E-state index contributed by atoms with van der Waals surface area (Å²) in [5.41, 5.74) is -10.2. The van der Waals surface area contributed by atoms with Gasteiger partial charge in [-0.25, -0.2) is 57.1 Å². The molecule has 0 saturated heterocycles. The number of hydrogen-bond donors (Lipinski definition) is 12. The van der Waals surface area contributed by atoms with Crippen molar-refractivity contribution in [1.82, 2.24) is 74.9 Å². The lowest BCUT2D eigenvalue weighted by atomic mass is 10.1. The molecule has 3 aromatic carbocycles. The molecule has 15 rings (SSSR count). The second-order valence-electron chi connectivity index (χ2n) is 24.1. The summed E-state index contributed by atoms with van der Waals surface area (Å²) in [6.07, 6.45) is -35.6. The Labute approximate surface area is 685 Å². The van der Waals surface area contributed by atoms with Crippen LogP contribution in [-0.2, 0) is 14.2 Å². The van der Waals surface area contributed by atoms with E-state index < -0.39 is 313 Å². The van der Waals surface area contributed by atoms with Crippen molar-refractivity contribution in [2.45, 2.75) is 223 Å². The first-order chi connectivity index (χ1) is 66.1. The molecule has 12 N–H and O–H groups in total. The fourth-order valence-electron chi connectivity index (χ4n) is 11.2. The van der Waals surface area contributed by atoms with Crippen LogP contribution in [0.1, 0.15) is 198 Å². The zero-order valence-electron chi connectivity index (χ0n) is 94.2. The van der Waals surface area contributed by atoms with E-state index in [9.17, 15) is 59.1 Å². The van der Waals surface area contributed by atoms with Crippen LogP contribution in [0, 0.1) is 38.2 Å². The minimum absolute atomic E-state index is 0.000393. The van der Waals surface area contributed by atoms with E-state index in [1.165, 1.54) is 6.92 Å². The number of aliphatic hydroxyl groups excluding tert-OH is 6. The SMILES string of the molecule is [2H]c1c([2H])c([C@@H]2C[C@H]2Nc2nc(SCCC)nc3c2nnn3[C@]2([2H])C([2H])([2H])[C@]([2H])(OCCO)[C@@]([2H])(O)[C@@]2([2H])O)c([2H])c(F)c1C.[2H]c1c([2H])c([C@]2([2H])C([2H])([2H])[C@@]2([2H])Nc2nc(SC([2H])([2H])C([2H])([2H])C)nc3c2nnn3[C@@H]2C[C@H](OC([2H])([2H])C([2H])([2H])O)[C@@H](O)[C@H]2O)c([2H])c(F)c1C.[2H]c1c([2H])c([C@]2([2H])C([2H])([2H])[C@@]2([2H])Nc2nc(SC([2H])([2H])C([2H])([2H])C)nc3c2nnn3[C@@H]2C[C@H](OC([2H])([2H])CO)[C@@H](O)[C@H]2O)c([2H])c(F)c1C. The molecule has 0 bridgehead atoms. The number of thioether (sulfide) groups is 3. The standard InChI is InChI=1S/3C24H31FN6O4S/c3*1-3-8-36-24-27-22(26-16-10-14(16)13-5-4-12(2)15(25)9-13)19-23(28-24)31(30-29-19)17-11-18(35-7-6-32)21(34)20(17)33/h3*4-5,9,14,16-18,20-21,32-34H,3,6-8,10-11H2,1-2H3,(H,26,27,28)/t3*14-,16+,17+,18-,20-,21+/m000/s1/i3D2,4D,5D,6D2,7D2,8D2,9D,10D2,14D,16D;3D2,4D,5D,7D2,8D2,9D,10D2,14D,16D;4D,5D,9D,11D2,17D,18D,20D,21D. The maximum atomic E-state index is 14.9. The van der Waals surface area contributed by atoms with Crippen LogP contribution in [0.2, 0.25) is 0 Å². The van der Waals surface area contributed by atoms with Gasteiger partial charge in [-0.05, 0) is 111 Å². The van der Waals surface area contributed by atoms with E-state index in [1.807, 2.05) is 6.92 Å². The van der Waals surface area contributed by atoms with Gasteiger partial charge in [0.2, 0.25) is 0 Å². The average molecular weight is 1590 g/mol. The first kappa shape index (κ1) is 44.8. The molecule has 6 fully saturated rings. The molecule has 6 aliphatic carbocycles. The fourth-order valence-corrected chi connectivity index (χ4v) is 12.8. The molecule has 582 valence electrons. The summed E-state index contributed by atoms with van der Waals surface area (Å²) >= 11 is 1.48. The summed E-state index contributed by atoms with van der Waals surface area (Å²) in [5, 5.41) is 123. The molecule has 6 heterocycles. The van der Waals surface area contributed by atoms with Gasteiger partial charge in [0, 0.05) is 94.1 Å². The maximum Gasteiger partial charge on any atom is 0.191 e. The topological polar surface area (TPSA) is 415 Å². The van der Waals surface area contributed by atoms with Crippen LogP contribution in [0.3, 0.4) is 0 Å². The van der Waals surface area contributed by atoms with E-state index >= 15 is 0 Å². The van der Waals surface area contributed by atoms with E-state index in [1.54, 1.807) is 0 Å². The molecule has 0 unspecified atom stereocenters. The summed E-state index contributed by atoms with van der Waals surface area (Å²) in [4.78, 5) is 25.4. The Morgan fingerprint density at radius 3 is 1.47 bits per heavy atom. The van der Waals surface area contributed by atoms with Gasteiger partial charge in [0.1, 0.15) is 54.0 Å². The second-order valence-corrected chi connectivity index (χ2v) is 26.7. The van der Waals surface area contributed by atoms with Crippen LogP contribution < -0.4 is 16.0 Å². The highest BCUT2D eigenvalue weighted by Gasteiger charge is 2.49. The van der Waals surface area contributed by atoms with Crippen LogP contribution >= 0.6 is 35.3 Å². The first-order valence-electron chi connectivity index (χ1n) is 51.2. The highest BCUT2D eigenvalue weighted by Crippen LogP contribution is 2.48. The molecule has 0 spiro atoms. The molecule has 0 radical (unpaired) electrons. The van der Waals surface area contributed by atoms with Crippen molar-refractivity contribution >= 4 is 86.2 Å². The Balaban J connectivity index is 0.000000182. The number of ether oxygens (including phenoxy) is 3. The number of aliphatic hydroxyl groups is 9. The fraction of sp³-hybridized carbons (Fsp3) is 0.583. The highest BCUT2D eigenvalue weighted by molar-refractivity contribution is 7.99. The zero-order chi connectivity index (χ0) is 109. The van der Waals surface area contributed by atoms with E-state index in [-0.39, 0.29) is 86.4 Å². The average Bonchev–Trinajstić information content (AvgIpc) is 1.47. The van der Waals surface area contributed by atoms with Gasteiger partial charge in [-0.3, -0.25) is 0 Å². The summed E-state index contributed by atoms with van der Waals surface area (Å²) in [7, 11) is 0. The maximum absolute atomic E-state index is 14.9. The molecule has 108 heavy (non-hydrogen) atoms. The molecule has 0 aliphatic heterocycles. The summed E-state index contributed by atoms with van der Waals surface area (Å²) in [6.45, 7) is -4.72. The minimum atomic E-state index is -3.82. The van der Waals surface area contributed by atoms with E-state index in [0.29, 0.717) is 23.3 Å². The third-order valence-electron chi connectivity index (χ3n) is 16.8. The lowest BCUT2D eigenvalue weighted by Gasteiger charge is -2.17. The number of benzene rings is 3. The van der Waals surface area contributed by atoms with Crippen molar-refractivity contribution in [2.75, 3.05) is 72.6 Å². The molecule has 6 aliphatic rings. The van der Waals surface area contributed by atoms with Gasteiger partial charge in [0.05, 0.1) is 105 Å². The monoisotopic (exact) mass is 1590 g/mol. The van der Waals surface area contributed by atoms with Gasteiger partial charge < -0.3 is 76.1 Å². The summed E-state index contributed by atoms with van der Waals surface area (Å²) < 4.78 is 368. The normalized spacial score (nSPS) is 40.4. The quantitative estimate of drug-likeness (QED) is 0.0168.